The quantitative estimate of drug-likeness (QED) is 0.193. The van der Waals surface area contributed by atoms with Gasteiger partial charge in [-0.25, -0.2) is 9.98 Å². The maximum atomic E-state index is 6.66. The Morgan fingerprint density at radius 1 is 0.564 bits per heavy atom. The number of nitrogens with one attached hydrogen (secondary N) is 1. The molecule has 0 bridgehead atoms. The number of hydrogen-bond acceptors (Lipinski definition) is 5. The fourth-order valence-corrected chi connectivity index (χ4v) is 8.20. The lowest BCUT2D eigenvalue weighted by molar-refractivity contribution is 0.362. The van der Waals surface area contributed by atoms with Crippen LogP contribution in [-0.4, -0.2) is 16.2 Å². The lowest BCUT2D eigenvalue weighted by atomic mass is 9.80. The lowest BCUT2D eigenvalue weighted by Crippen LogP contribution is -2.33. The van der Waals surface area contributed by atoms with Crippen molar-refractivity contribution in [3.63, 3.8) is 0 Å². The minimum Gasteiger partial charge on any atom is -0.449 e. The van der Waals surface area contributed by atoms with E-state index in [1.165, 1.54) is 11.3 Å². The van der Waals surface area contributed by atoms with Crippen LogP contribution in [0.3, 0.4) is 0 Å². The fourth-order valence-electron chi connectivity index (χ4n) is 8.20. The molecule has 1 N–H and O–H groups in total. The van der Waals surface area contributed by atoms with Crippen molar-refractivity contribution >= 4 is 28.7 Å². The first kappa shape index (κ1) is 31.4. The molecule has 0 fully saturated rings. The standard InChI is InChI=1S/C49H34N4O2/c1-3-12-34(13-4-1)47-50-48(35-14-5-2-6-15-35)52-49(51-47)36-21-19-31(20-22-36)32-23-26-37(27-24-32)53-44-38-16-8-7-11-33(38)25-28-39(44)40-29-30-43-46(45(40)53)55-42-18-10-9-17-41(42)54-43/h1-30,33,38,47H,(H,50,51,52). The number of para-hydroxylation sites is 2. The van der Waals surface area contributed by atoms with Gasteiger partial charge in [0.15, 0.2) is 28.8 Å². The number of benzene rings is 6. The lowest BCUT2D eigenvalue weighted by Gasteiger charge is -2.28. The minimum absolute atomic E-state index is 0.197. The summed E-state index contributed by atoms with van der Waals surface area (Å²) in [5.74, 6) is 4.88. The maximum Gasteiger partial charge on any atom is 0.194 e. The second kappa shape index (κ2) is 12.7. The van der Waals surface area contributed by atoms with Gasteiger partial charge in [0.1, 0.15) is 17.5 Å². The Balaban J connectivity index is 0.962. The number of aromatic nitrogens is 1. The van der Waals surface area contributed by atoms with Crippen molar-refractivity contribution < 1.29 is 9.47 Å². The highest BCUT2D eigenvalue weighted by Gasteiger charge is 2.34. The molecule has 0 saturated heterocycles. The summed E-state index contributed by atoms with van der Waals surface area (Å²) in [7, 11) is 0. The Labute approximate surface area is 318 Å². The van der Waals surface area contributed by atoms with Crippen LogP contribution in [0.15, 0.2) is 186 Å². The van der Waals surface area contributed by atoms with Crippen molar-refractivity contribution in [3.05, 3.63) is 204 Å². The number of amidine groups is 2. The molecule has 2 aliphatic carbocycles. The van der Waals surface area contributed by atoms with Crippen molar-refractivity contribution in [2.75, 3.05) is 0 Å². The average Bonchev–Trinajstić information content (AvgIpc) is 3.62. The largest absolute Gasteiger partial charge is 0.449 e. The number of aliphatic imine (C=N–C) groups is 2. The predicted molar refractivity (Wildman–Crippen MR) is 221 cm³/mol. The molecule has 6 heteroatoms. The van der Waals surface area contributed by atoms with Gasteiger partial charge in [-0.05, 0) is 53.1 Å². The molecule has 6 aromatic carbocycles. The Kier molecular flexibility index (Phi) is 7.27. The van der Waals surface area contributed by atoms with Gasteiger partial charge in [-0.3, -0.25) is 0 Å². The summed E-state index contributed by atoms with van der Waals surface area (Å²) in [5.41, 5.74) is 9.88. The molecule has 2 aliphatic heterocycles. The summed E-state index contributed by atoms with van der Waals surface area (Å²) in [5, 5.41) is 4.72. The number of rotatable bonds is 5. The molecular weight excluding hydrogens is 677 g/mol. The first-order valence-electron chi connectivity index (χ1n) is 18.7. The summed E-state index contributed by atoms with van der Waals surface area (Å²) in [6.07, 6.45) is 13.3. The summed E-state index contributed by atoms with van der Waals surface area (Å²) in [6.45, 7) is 0. The zero-order valence-electron chi connectivity index (χ0n) is 29.7. The minimum atomic E-state index is -0.241. The van der Waals surface area contributed by atoms with E-state index in [-0.39, 0.29) is 18.0 Å². The molecule has 3 unspecified atom stereocenters. The van der Waals surface area contributed by atoms with E-state index in [1.54, 1.807) is 0 Å². The zero-order valence-corrected chi connectivity index (χ0v) is 29.7. The van der Waals surface area contributed by atoms with E-state index in [0.29, 0.717) is 11.6 Å². The second-order valence-corrected chi connectivity index (χ2v) is 14.2. The first-order chi connectivity index (χ1) is 27.2. The van der Waals surface area contributed by atoms with Gasteiger partial charge in [0.05, 0.1) is 0 Å². The molecule has 4 aliphatic rings. The van der Waals surface area contributed by atoms with Gasteiger partial charge in [-0.2, -0.15) is 0 Å². The fraction of sp³-hybridized carbons (Fsp3) is 0.0612. The molecule has 3 atom stereocenters. The van der Waals surface area contributed by atoms with Crippen LogP contribution >= 0.6 is 0 Å². The van der Waals surface area contributed by atoms with Crippen LogP contribution in [0.4, 0.5) is 0 Å². The molecule has 1 aromatic heterocycles. The Hall–Kier alpha value is -7.18. The molecule has 0 saturated carbocycles. The molecule has 262 valence electrons. The molecular formula is C49H34N4O2. The normalized spacial score (nSPS) is 18.8. The number of ether oxygens (including phenoxy) is 2. The van der Waals surface area contributed by atoms with Crippen LogP contribution < -0.4 is 14.8 Å². The van der Waals surface area contributed by atoms with Gasteiger partial charge in [0, 0.05) is 45.3 Å². The van der Waals surface area contributed by atoms with E-state index in [1.807, 2.05) is 66.7 Å². The first-order valence-corrected chi connectivity index (χ1v) is 18.7. The number of nitrogens with zero attached hydrogens (tertiary/aromatic N) is 3. The van der Waals surface area contributed by atoms with E-state index in [2.05, 4.69) is 125 Å². The van der Waals surface area contributed by atoms with Crippen LogP contribution in [0.2, 0.25) is 0 Å². The van der Waals surface area contributed by atoms with Crippen LogP contribution in [0.25, 0.3) is 33.8 Å². The molecule has 6 nitrogen and oxygen atoms in total. The topological polar surface area (TPSA) is 60.1 Å². The van der Waals surface area contributed by atoms with E-state index in [9.17, 15) is 0 Å². The highest BCUT2D eigenvalue weighted by atomic mass is 16.6. The summed E-state index contributed by atoms with van der Waals surface area (Å²) in [6, 6.07) is 50.0. The SMILES string of the molecule is C1=CC2C=Cc3c(n(-c4ccc(-c5ccc(C6=NC(c7ccccc7)=NC(c7ccccc7)N6)cc5)cc4)c4c5c(ccc34)Oc3ccccc3O5)C2C=C1. The van der Waals surface area contributed by atoms with Crippen molar-refractivity contribution in [3.8, 4) is 39.8 Å². The van der Waals surface area contributed by atoms with Gasteiger partial charge in [0.25, 0.3) is 0 Å². The second-order valence-electron chi connectivity index (χ2n) is 14.2. The monoisotopic (exact) mass is 710 g/mol. The van der Waals surface area contributed by atoms with E-state index < -0.39 is 0 Å². The van der Waals surface area contributed by atoms with Crippen molar-refractivity contribution in [1.82, 2.24) is 9.88 Å². The summed E-state index contributed by atoms with van der Waals surface area (Å²) < 4.78 is 15.5. The van der Waals surface area contributed by atoms with Crippen LogP contribution in [0, 0.1) is 5.92 Å². The maximum absolute atomic E-state index is 6.66. The predicted octanol–water partition coefficient (Wildman–Crippen LogP) is 11.5. The zero-order chi connectivity index (χ0) is 36.3. The molecule has 3 heterocycles. The molecule has 11 rings (SSSR count). The molecule has 0 radical (unpaired) electrons. The third-order valence-electron chi connectivity index (χ3n) is 10.9. The Morgan fingerprint density at radius 2 is 1.24 bits per heavy atom. The van der Waals surface area contributed by atoms with E-state index >= 15 is 0 Å². The van der Waals surface area contributed by atoms with Gasteiger partial charge >= 0.3 is 0 Å². The molecule has 55 heavy (non-hydrogen) atoms. The summed E-state index contributed by atoms with van der Waals surface area (Å²) in [4.78, 5) is 9.98. The van der Waals surface area contributed by atoms with Gasteiger partial charge in [-0.15, -0.1) is 0 Å². The van der Waals surface area contributed by atoms with Gasteiger partial charge in [-0.1, -0.05) is 146 Å². The molecule has 0 amide bonds. The van der Waals surface area contributed by atoms with Crippen LogP contribution in [0.1, 0.15) is 40.0 Å². The van der Waals surface area contributed by atoms with E-state index in [0.717, 1.165) is 67.5 Å². The van der Waals surface area contributed by atoms with Crippen molar-refractivity contribution in [2.45, 2.75) is 12.1 Å². The molecule has 0 spiro atoms. The van der Waals surface area contributed by atoms with Crippen LogP contribution in [-0.2, 0) is 0 Å². The highest BCUT2D eigenvalue weighted by Crippen LogP contribution is 2.53. The average molecular weight is 711 g/mol. The van der Waals surface area contributed by atoms with E-state index in [4.69, 9.17) is 19.5 Å². The van der Waals surface area contributed by atoms with Crippen molar-refractivity contribution in [1.29, 1.82) is 0 Å². The highest BCUT2D eigenvalue weighted by molar-refractivity contribution is 6.13. The van der Waals surface area contributed by atoms with Gasteiger partial charge < -0.3 is 19.4 Å². The number of hydrogen-bond donors (Lipinski definition) is 1. The van der Waals surface area contributed by atoms with Crippen molar-refractivity contribution in [2.24, 2.45) is 15.9 Å². The smallest absolute Gasteiger partial charge is 0.194 e. The third kappa shape index (κ3) is 5.33. The summed E-state index contributed by atoms with van der Waals surface area (Å²) >= 11 is 0. The van der Waals surface area contributed by atoms with Gasteiger partial charge in [0.2, 0.25) is 0 Å². The number of fused-ring (bicyclic) bond motifs is 8. The molecule has 7 aromatic rings. The van der Waals surface area contributed by atoms with Crippen LogP contribution in [0.5, 0.6) is 23.0 Å². The Morgan fingerprint density at radius 3 is 2.02 bits per heavy atom. The number of allylic oxidation sites excluding steroid dienone is 5. The Bertz CT molecular complexity index is 2780. The third-order valence-corrected chi connectivity index (χ3v) is 10.9.